The standard InChI is InChI=1S/C27H36FN3O4/c1-6-13-31-15-18(2)25(34-5)16-30(4)27(33)22-12-11-20(14-24(22)35-17-19(31)3)29-26(32)21-9-7-8-10-23(21)28/h7-12,14,18-19,25H,6,13,15-17H2,1-5H3,(H,29,32)/t18-,19+,25+/m0/s1. The van der Waals surface area contributed by atoms with Crippen LogP contribution < -0.4 is 10.1 Å². The molecule has 3 atom stereocenters. The molecule has 2 aromatic rings. The van der Waals surface area contributed by atoms with E-state index in [9.17, 15) is 14.0 Å². The molecule has 1 heterocycles. The highest BCUT2D eigenvalue weighted by atomic mass is 19.1. The molecule has 2 aromatic carbocycles. The predicted octanol–water partition coefficient (Wildman–Crippen LogP) is 4.29. The van der Waals surface area contributed by atoms with E-state index in [2.05, 4.69) is 31.0 Å². The lowest BCUT2D eigenvalue weighted by Gasteiger charge is -2.35. The van der Waals surface area contributed by atoms with Crippen LogP contribution in [0.1, 0.15) is 47.9 Å². The van der Waals surface area contributed by atoms with Crippen molar-refractivity contribution < 1.29 is 23.5 Å². The number of nitrogens with one attached hydrogen (secondary N) is 1. The Bertz CT molecular complexity index is 1030. The van der Waals surface area contributed by atoms with E-state index in [-0.39, 0.29) is 29.5 Å². The number of benzene rings is 2. The fourth-order valence-electron chi connectivity index (χ4n) is 4.37. The van der Waals surface area contributed by atoms with Gasteiger partial charge in [0, 0.05) is 45.0 Å². The zero-order chi connectivity index (χ0) is 25.5. The molecule has 0 fully saturated rings. The predicted molar refractivity (Wildman–Crippen MR) is 135 cm³/mol. The molecule has 1 N–H and O–H groups in total. The third kappa shape index (κ3) is 6.58. The van der Waals surface area contributed by atoms with Gasteiger partial charge in [-0.25, -0.2) is 4.39 Å². The Morgan fingerprint density at radius 2 is 1.94 bits per heavy atom. The summed E-state index contributed by atoms with van der Waals surface area (Å²) in [5.74, 6) is -0.770. The van der Waals surface area contributed by atoms with Gasteiger partial charge >= 0.3 is 0 Å². The summed E-state index contributed by atoms with van der Waals surface area (Å²) in [6.07, 6.45) is 0.897. The molecule has 0 unspecified atom stereocenters. The Labute approximate surface area is 207 Å². The minimum Gasteiger partial charge on any atom is -0.491 e. The van der Waals surface area contributed by atoms with Crippen LogP contribution in [-0.4, -0.2) is 74.2 Å². The largest absolute Gasteiger partial charge is 0.491 e. The van der Waals surface area contributed by atoms with Gasteiger partial charge in [-0.15, -0.1) is 0 Å². The SMILES string of the molecule is CCCN1C[C@H](C)[C@H](OC)CN(C)C(=O)c2ccc(NC(=O)c3ccccc3F)cc2OC[C@H]1C. The average molecular weight is 486 g/mol. The van der Waals surface area contributed by atoms with E-state index in [4.69, 9.17) is 9.47 Å². The van der Waals surface area contributed by atoms with Crippen LogP contribution in [0.4, 0.5) is 10.1 Å². The van der Waals surface area contributed by atoms with Gasteiger partial charge in [0.25, 0.3) is 11.8 Å². The van der Waals surface area contributed by atoms with Gasteiger partial charge in [0.2, 0.25) is 0 Å². The number of rotatable bonds is 5. The third-order valence-electron chi connectivity index (χ3n) is 6.46. The van der Waals surface area contributed by atoms with Gasteiger partial charge in [-0.1, -0.05) is 26.0 Å². The summed E-state index contributed by atoms with van der Waals surface area (Å²) in [4.78, 5) is 29.9. The summed E-state index contributed by atoms with van der Waals surface area (Å²) in [6, 6.07) is 10.8. The molecule has 7 nitrogen and oxygen atoms in total. The minimum absolute atomic E-state index is 0.0550. The van der Waals surface area contributed by atoms with Crippen LogP contribution in [0.2, 0.25) is 0 Å². The molecule has 0 bridgehead atoms. The fourth-order valence-corrected chi connectivity index (χ4v) is 4.37. The second-order valence-electron chi connectivity index (χ2n) is 9.24. The number of carbonyl (C=O) groups is 2. The molecule has 190 valence electrons. The third-order valence-corrected chi connectivity index (χ3v) is 6.46. The van der Waals surface area contributed by atoms with E-state index >= 15 is 0 Å². The molecule has 0 saturated carbocycles. The van der Waals surface area contributed by atoms with Gasteiger partial charge in [0.15, 0.2) is 0 Å². The Balaban J connectivity index is 1.92. The first-order valence-electron chi connectivity index (χ1n) is 12.1. The molecular weight excluding hydrogens is 449 g/mol. The van der Waals surface area contributed by atoms with E-state index in [1.165, 1.54) is 18.2 Å². The lowest BCUT2D eigenvalue weighted by molar-refractivity contribution is 0.0108. The molecule has 0 spiro atoms. The lowest BCUT2D eigenvalue weighted by Crippen LogP contribution is -2.46. The van der Waals surface area contributed by atoms with Crippen LogP contribution in [0.3, 0.4) is 0 Å². The van der Waals surface area contributed by atoms with Crippen molar-refractivity contribution in [3.05, 3.63) is 59.4 Å². The highest BCUT2D eigenvalue weighted by Gasteiger charge is 2.28. The maximum atomic E-state index is 14.0. The minimum atomic E-state index is -0.601. The molecule has 3 rings (SSSR count). The number of anilines is 1. The molecule has 1 aliphatic heterocycles. The van der Waals surface area contributed by atoms with Crippen LogP contribution in [0.15, 0.2) is 42.5 Å². The summed E-state index contributed by atoms with van der Waals surface area (Å²) < 4.78 is 26.0. The summed E-state index contributed by atoms with van der Waals surface area (Å²) in [7, 11) is 3.43. The molecule has 0 saturated heterocycles. The quantitative estimate of drug-likeness (QED) is 0.684. The van der Waals surface area contributed by atoms with Crippen LogP contribution >= 0.6 is 0 Å². The first-order valence-corrected chi connectivity index (χ1v) is 12.1. The Kier molecular flexibility index (Phi) is 9.23. The van der Waals surface area contributed by atoms with Crippen molar-refractivity contribution in [3.8, 4) is 5.75 Å². The zero-order valence-electron chi connectivity index (χ0n) is 21.2. The van der Waals surface area contributed by atoms with Gasteiger partial charge in [0.05, 0.1) is 17.2 Å². The van der Waals surface area contributed by atoms with E-state index in [0.717, 1.165) is 19.5 Å². The molecule has 1 aliphatic rings. The van der Waals surface area contributed by atoms with Crippen molar-refractivity contribution in [2.24, 2.45) is 5.92 Å². The number of hydrogen-bond donors (Lipinski definition) is 1. The van der Waals surface area contributed by atoms with E-state index in [1.54, 1.807) is 43.3 Å². The second kappa shape index (κ2) is 12.1. The molecule has 2 amide bonds. The Morgan fingerprint density at radius 1 is 1.20 bits per heavy atom. The second-order valence-corrected chi connectivity index (χ2v) is 9.24. The van der Waals surface area contributed by atoms with Gasteiger partial charge in [0.1, 0.15) is 18.2 Å². The zero-order valence-corrected chi connectivity index (χ0v) is 21.2. The Morgan fingerprint density at radius 3 is 2.63 bits per heavy atom. The highest BCUT2D eigenvalue weighted by Crippen LogP contribution is 2.27. The number of fused-ring (bicyclic) bond motifs is 1. The average Bonchev–Trinajstić information content (AvgIpc) is 2.84. The van der Waals surface area contributed by atoms with Gasteiger partial charge in [-0.05, 0) is 50.1 Å². The van der Waals surface area contributed by atoms with Crippen LogP contribution in [0.5, 0.6) is 5.75 Å². The number of ether oxygens (including phenoxy) is 2. The molecule has 35 heavy (non-hydrogen) atoms. The van der Waals surface area contributed by atoms with E-state index in [0.29, 0.717) is 30.2 Å². The van der Waals surface area contributed by atoms with Gasteiger partial charge < -0.3 is 19.7 Å². The van der Waals surface area contributed by atoms with Gasteiger partial charge in [-0.3, -0.25) is 14.5 Å². The number of nitrogens with zero attached hydrogens (tertiary/aromatic N) is 2. The highest BCUT2D eigenvalue weighted by molar-refractivity contribution is 6.05. The molecule has 0 aliphatic carbocycles. The first kappa shape index (κ1) is 26.6. The van der Waals surface area contributed by atoms with E-state index < -0.39 is 11.7 Å². The Hall–Kier alpha value is -2.97. The molecule has 0 aromatic heterocycles. The lowest BCUT2D eigenvalue weighted by atomic mass is 10.0. The van der Waals surface area contributed by atoms with E-state index in [1.807, 2.05) is 0 Å². The first-order chi connectivity index (χ1) is 16.7. The van der Waals surface area contributed by atoms with Crippen LogP contribution in [0, 0.1) is 11.7 Å². The molecule has 8 heteroatoms. The van der Waals surface area contributed by atoms with Crippen molar-refractivity contribution in [2.45, 2.75) is 39.3 Å². The number of hydrogen-bond acceptors (Lipinski definition) is 5. The number of carbonyl (C=O) groups excluding carboxylic acids is 2. The normalized spacial score (nSPS) is 21.9. The maximum Gasteiger partial charge on any atom is 0.258 e. The van der Waals surface area contributed by atoms with Crippen molar-refractivity contribution in [1.82, 2.24) is 9.80 Å². The summed E-state index contributed by atoms with van der Waals surface area (Å²) >= 11 is 0. The number of likely N-dealkylation sites (N-methyl/N-ethyl adjacent to an activating group) is 1. The van der Waals surface area contributed by atoms with Crippen molar-refractivity contribution in [1.29, 1.82) is 0 Å². The smallest absolute Gasteiger partial charge is 0.258 e. The number of methoxy groups -OCH3 is 1. The molecule has 0 radical (unpaired) electrons. The van der Waals surface area contributed by atoms with Crippen molar-refractivity contribution in [3.63, 3.8) is 0 Å². The fraction of sp³-hybridized carbons (Fsp3) is 0.481. The summed E-state index contributed by atoms with van der Waals surface area (Å²) in [5.41, 5.74) is 0.760. The van der Waals surface area contributed by atoms with Crippen molar-refractivity contribution >= 4 is 17.5 Å². The topological polar surface area (TPSA) is 71.1 Å². The summed E-state index contributed by atoms with van der Waals surface area (Å²) in [6.45, 7) is 8.96. The number of amides is 2. The monoisotopic (exact) mass is 485 g/mol. The summed E-state index contributed by atoms with van der Waals surface area (Å²) in [5, 5.41) is 2.71. The molecular formula is C27H36FN3O4. The number of halogens is 1. The van der Waals surface area contributed by atoms with Crippen molar-refractivity contribution in [2.75, 3.05) is 45.7 Å². The maximum absolute atomic E-state index is 14.0. The van der Waals surface area contributed by atoms with Gasteiger partial charge in [-0.2, -0.15) is 0 Å². The van der Waals surface area contributed by atoms with Crippen LogP contribution in [-0.2, 0) is 4.74 Å². The van der Waals surface area contributed by atoms with Crippen LogP contribution in [0.25, 0.3) is 0 Å².